The summed E-state index contributed by atoms with van der Waals surface area (Å²) >= 11 is 0. The number of aryl methyl sites for hydroxylation is 1. The predicted octanol–water partition coefficient (Wildman–Crippen LogP) is 2.17. The standard InChI is InChI=1S/C10H9F3N2O/c1-15-5-7(8(16)10(11,12)13)6-3-2-4-14-9(6)15/h2-5,8,16H,1H3/t8-/m1/s1. The maximum absolute atomic E-state index is 12.4. The van der Waals surface area contributed by atoms with Gasteiger partial charge in [-0.15, -0.1) is 0 Å². The first-order chi connectivity index (χ1) is 7.41. The summed E-state index contributed by atoms with van der Waals surface area (Å²) in [5.74, 6) is 0. The van der Waals surface area contributed by atoms with Gasteiger partial charge < -0.3 is 9.67 Å². The van der Waals surface area contributed by atoms with Crippen molar-refractivity contribution in [2.75, 3.05) is 0 Å². The number of pyridine rings is 1. The molecule has 0 amide bonds. The summed E-state index contributed by atoms with van der Waals surface area (Å²) in [5, 5.41) is 9.52. The van der Waals surface area contributed by atoms with Gasteiger partial charge in [-0.05, 0) is 12.1 Å². The summed E-state index contributed by atoms with van der Waals surface area (Å²) in [6, 6.07) is 3.04. The summed E-state index contributed by atoms with van der Waals surface area (Å²) < 4.78 is 38.6. The number of hydrogen-bond acceptors (Lipinski definition) is 2. The molecule has 0 aliphatic rings. The van der Waals surface area contributed by atoms with Crippen molar-refractivity contribution in [2.45, 2.75) is 12.3 Å². The molecule has 2 rings (SSSR count). The van der Waals surface area contributed by atoms with Crippen LogP contribution in [0.15, 0.2) is 24.5 Å². The molecule has 0 spiro atoms. The molecule has 2 heterocycles. The van der Waals surface area contributed by atoms with Gasteiger partial charge in [-0.25, -0.2) is 4.98 Å². The second-order valence-electron chi connectivity index (χ2n) is 3.51. The Kier molecular flexibility index (Phi) is 2.38. The van der Waals surface area contributed by atoms with E-state index in [4.69, 9.17) is 0 Å². The lowest BCUT2D eigenvalue weighted by atomic mass is 10.1. The van der Waals surface area contributed by atoms with Crippen molar-refractivity contribution in [3.63, 3.8) is 0 Å². The fourth-order valence-electron chi connectivity index (χ4n) is 1.64. The fraction of sp³-hybridized carbons (Fsp3) is 0.300. The van der Waals surface area contributed by atoms with Gasteiger partial charge in [0.15, 0.2) is 6.10 Å². The third kappa shape index (κ3) is 1.65. The van der Waals surface area contributed by atoms with Crippen molar-refractivity contribution in [2.24, 2.45) is 7.05 Å². The van der Waals surface area contributed by atoms with E-state index in [9.17, 15) is 18.3 Å². The number of hydrogen-bond donors (Lipinski definition) is 1. The highest BCUT2D eigenvalue weighted by Gasteiger charge is 2.40. The van der Waals surface area contributed by atoms with Gasteiger partial charge in [0.1, 0.15) is 5.65 Å². The molecule has 1 N–H and O–H groups in total. The maximum Gasteiger partial charge on any atom is 0.418 e. The Bertz CT molecular complexity index is 518. The SMILES string of the molecule is Cn1cc([C@@H](O)C(F)(F)F)c2cccnc21. The Morgan fingerprint density at radius 2 is 2.12 bits per heavy atom. The van der Waals surface area contributed by atoms with Crippen molar-refractivity contribution < 1.29 is 18.3 Å². The summed E-state index contributed by atoms with van der Waals surface area (Å²) in [4.78, 5) is 3.95. The van der Waals surface area contributed by atoms with Gasteiger partial charge in [0.2, 0.25) is 0 Å². The van der Waals surface area contributed by atoms with Gasteiger partial charge >= 0.3 is 6.18 Å². The van der Waals surface area contributed by atoms with Crippen molar-refractivity contribution in [3.8, 4) is 0 Å². The third-order valence-corrected chi connectivity index (χ3v) is 2.37. The topological polar surface area (TPSA) is 38.0 Å². The summed E-state index contributed by atoms with van der Waals surface area (Å²) in [7, 11) is 1.59. The van der Waals surface area contributed by atoms with E-state index in [1.165, 1.54) is 29.1 Å². The molecular formula is C10H9F3N2O. The van der Waals surface area contributed by atoms with Crippen LogP contribution >= 0.6 is 0 Å². The van der Waals surface area contributed by atoms with E-state index in [2.05, 4.69) is 4.98 Å². The highest BCUT2D eigenvalue weighted by Crippen LogP contribution is 2.36. The molecular weight excluding hydrogens is 221 g/mol. The van der Waals surface area contributed by atoms with E-state index in [1.807, 2.05) is 0 Å². The van der Waals surface area contributed by atoms with Crippen LogP contribution in [0.3, 0.4) is 0 Å². The fourth-order valence-corrected chi connectivity index (χ4v) is 1.64. The van der Waals surface area contributed by atoms with Crippen LogP contribution in [0.25, 0.3) is 11.0 Å². The molecule has 0 radical (unpaired) electrons. The minimum absolute atomic E-state index is 0.168. The molecule has 1 atom stereocenters. The third-order valence-electron chi connectivity index (χ3n) is 2.37. The number of nitrogens with zero attached hydrogens (tertiary/aromatic N) is 2. The first kappa shape index (κ1) is 10.9. The van der Waals surface area contributed by atoms with Crippen molar-refractivity contribution in [3.05, 3.63) is 30.1 Å². The lowest BCUT2D eigenvalue weighted by Crippen LogP contribution is -2.19. The van der Waals surface area contributed by atoms with Crippen LogP contribution in [0.2, 0.25) is 0 Å². The molecule has 0 unspecified atom stereocenters. The molecule has 0 saturated carbocycles. The maximum atomic E-state index is 12.4. The first-order valence-electron chi connectivity index (χ1n) is 4.56. The summed E-state index contributed by atoms with van der Waals surface area (Å²) in [5.41, 5.74) is 0.249. The number of aliphatic hydroxyl groups is 1. The van der Waals surface area contributed by atoms with Crippen LogP contribution in [0, 0.1) is 0 Å². The van der Waals surface area contributed by atoms with Crippen LogP contribution < -0.4 is 0 Å². The first-order valence-corrected chi connectivity index (χ1v) is 4.56. The summed E-state index contributed by atoms with van der Waals surface area (Å²) in [6.45, 7) is 0. The van der Waals surface area contributed by atoms with Gasteiger partial charge in [-0.3, -0.25) is 0 Å². The largest absolute Gasteiger partial charge is 0.418 e. The summed E-state index contributed by atoms with van der Waals surface area (Å²) in [6.07, 6.45) is -4.40. The van der Waals surface area contributed by atoms with E-state index in [0.717, 1.165) is 0 Å². The van der Waals surface area contributed by atoms with Gasteiger partial charge in [-0.1, -0.05) is 0 Å². The molecule has 0 aromatic carbocycles. The molecule has 2 aromatic rings. The molecule has 3 nitrogen and oxygen atoms in total. The zero-order chi connectivity index (χ0) is 11.9. The quantitative estimate of drug-likeness (QED) is 0.815. The number of rotatable bonds is 1. The molecule has 0 bridgehead atoms. The molecule has 6 heteroatoms. The number of fused-ring (bicyclic) bond motifs is 1. The van der Waals surface area contributed by atoms with Crippen molar-refractivity contribution in [1.29, 1.82) is 0 Å². The Morgan fingerprint density at radius 1 is 1.44 bits per heavy atom. The molecule has 2 aromatic heterocycles. The second-order valence-corrected chi connectivity index (χ2v) is 3.51. The van der Waals surface area contributed by atoms with Gasteiger partial charge in [0, 0.05) is 30.4 Å². The zero-order valence-corrected chi connectivity index (χ0v) is 8.36. The number of alkyl halides is 3. The van der Waals surface area contributed by atoms with E-state index in [0.29, 0.717) is 11.0 Å². The minimum atomic E-state index is -4.66. The number of aromatic nitrogens is 2. The smallest absolute Gasteiger partial charge is 0.379 e. The monoisotopic (exact) mass is 230 g/mol. The average Bonchev–Trinajstić information content (AvgIpc) is 2.55. The highest BCUT2D eigenvalue weighted by molar-refractivity contribution is 5.80. The highest BCUT2D eigenvalue weighted by atomic mass is 19.4. The van der Waals surface area contributed by atoms with E-state index < -0.39 is 12.3 Å². The van der Waals surface area contributed by atoms with Crippen LogP contribution in [-0.4, -0.2) is 20.8 Å². The van der Waals surface area contributed by atoms with Gasteiger partial charge in [0.05, 0.1) is 0 Å². The Morgan fingerprint density at radius 3 is 2.75 bits per heavy atom. The van der Waals surface area contributed by atoms with Crippen molar-refractivity contribution in [1.82, 2.24) is 9.55 Å². The number of aliphatic hydroxyl groups excluding tert-OH is 1. The lowest BCUT2D eigenvalue weighted by molar-refractivity contribution is -0.206. The second kappa shape index (κ2) is 3.48. The molecule has 0 aliphatic carbocycles. The van der Waals surface area contributed by atoms with E-state index >= 15 is 0 Å². The predicted molar refractivity (Wildman–Crippen MR) is 51.7 cm³/mol. The van der Waals surface area contributed by atoms with Gasteiger partial charge in [0.25, 0.3) is 0 Å². The lowest BCUT2D eigenvalue weighted by Gasteiger charge is -2.13. The average molecular weight is 230 g/mol. The van der Waals surface area contributed by atoms with Gasteiger partial charge in [-0.2, -0.15) is 13.2 Å². The van der Waals surface area contributed by atoms with Crippen LogP contribution in [0.5, 0.6) is 0 Å². The van der Waals surface area contributed by atoms with Crippen LogP contribution in [0.4, 0.5) is 13.2 Å². The van der Waals surface area contributed by atoms with Crippen LogP contribution in [-0.2, 0) is 7.05 Å². The Hall–Kier alpha value is -1.56. The molecule has 0 aliphatic heterocycles. The molecule has 86 valence electrons. The molecule has 0 fully saturated rings. The Balaban J connectivity index is 2.62. The Labute approximate surface area is 89.1 Å². The number of halogens is 3. The molecule has 16 heavy (non-hydrogen) atoms. The van der Waals surface area contributed by atoms with E-state index in [-0.39, 0.29) is 5.56 Å². The van der Waals surface area contributed by atoms with Crippen LogP contribution in [0.1, 0.15) is 11.7 Å². The minimum Gasteiger partial charge on any atom is -0.379 e. The van der Waals surface area contributed by atoms with E-state index in [1.54, 1.807) is 7.05 Å². The molecule has 0 saturated heterocycles. The normalized spacial score (nSPS) is 14.3. The van der Waals surface area contributed by atoms with Crippen molar-refractivity contribution >= 4 is 11.0 Å². The zero-order valence-electron chi connectivity index (χ0n) is 8.36.